The fourth-order valence-electron chi connectivity index (χ4n) is 2.18. The number of carbonyl (C=O) groups is 1. The zero-order valence-corrected chi connectivity index (χ0v) is 14.5. The molecular formula is C15H17F2N3O4S. The van der Waals surface area contributed by atoms with E-state index in [1.165, 1.54) is 56.0 Å². The van der Waals surface area contributed by atoms with E-state index in [0.717, 1.165) is 0 Å². The molecule has 7 nitrogen and oxygen atoms in total. The number of aryl methyl sites for hydroxylation is 1. The van der Waals surface area contributed by atoms with E-state index >= 15 is 0 Å². The van der Waals surface area contributed by atoms with Crippen LogP contribution in [-0.2, 0) is 17.1 Å². The summed E-state index contributed by atoms with van der Waals surface area (Å²) in [6.07, 6.45) is 1.30. The van der Waals surface area contributed by atoms with Crippen LogP contribution < -0.4 is 14.8 Å². The molecule has 10 heteroatoms. The summed E-state index contributed by atoms with van der Waals surface area (Å²) in [6.45, 7) is -1.46. The summed E-state index contributed by atoms with van der Waals surface area (Å²) in [5.74, 6) is -0.643. The van der Waals surface area contributed by atoms with Crippen LogP contribution in [0.1, 0.15) is 16.1 Å². The lowest BCUT2D eigenvalue weighted by Crippen LogP contribution is -2.18. The molecule has 25 heavy (non-hydrogen) atoms. The lowest BCUT2D eigenvalue weighted by atomic mass is 10.1. The molecule has 0 unspecified atom stereocenters. The highest BCUT2D eigenvalue weighted by Gasteiger charge is 2.20. The topological polar surface area (TPSA) is 89.4 Å². The molecule has 0 saturated carbocycles. The quantitative estimate of drug-likeness (QED) is 0.811. The number of nitrogens with one attached hydrogen (secondary N) is 2. The van der Waals surface area contributed by atoms with Gasteiger partial charge < -0.3 is 14.6 Å². The lowest BCUT2D eigenvalue weighted by molar-refractivity contribution is -0.0502. The predicted molar refractivity (Wildman–Crippen MR) is 87.4 cm³/mol. The van der Waals surface area contributed by atoms with Gasteiger partial charge in [-0.15, -0.1) is 0 Å². The highest BCUT2D eigenvalue weighted by atomic mass is 32.2. The van der Waals surface area contributed by atoms with Crippen molar-refractivity contribution in [1.82, 2.24) is 9.29 Å². The fraction of sp³-hybridized carbons (Fsp3) is 0.267. The number of benzene rings is 1. The minimum Gasteiger partial charge on any atom is -0.434 e. The van der Waals surface area contributed by atoms with Gasteiger partial charge in [0.1, 0.15) is 16.3 Å². The van der Waals surface area contributed by atoms with Gasteiger partial charge in [-0.25, -0.2) is 13.1 Å². The van der Waals surface area contributed by atoms with E-state index < -0.39 is 22.5 Å². The first-order valence-corrected chi connectivity index (χ1v) is 8.59. The number of aromatic nitrogens is 1. The fourth-order valence-corrected chi connectivity index (χ4v) is 2.98. The molecule has 1 aromatic carbocycles. The predicted octanol–water partition coefficient (Wildman–Crippen LogP) is 2.10. The number of hydrogen-bond donors (Lipinski definition) is 2. The second-order valence-corrected chi connectivity index (χ2v) is 7.03. The summed E-state index contributed by atoms with van der Waals surface area (Å²) in [4.78, 5) is 12.4. The van der Waals surface area contributed by atoms with Gasteiger partial charge in [-0.2, -0.15) is 8.78 Å². The van der Waals surface area contributed by atoms with Crippen LogP contribution in [0.15, 0.2) is 35.4 Å². The molecule has 1 aromatic heterocycles. The monoisotopic (exact) mass is 373 g/mol. The Kier molecular flexibility index (Phi) is 5.43. The molecule has 0 aliphatic carbocycles. The third-order valence-electron chi connectivity index (χ3n) is 3.54. The molecule has 1 heterocycles. The molecule has 2 N–H and O–H groups in total. The van der Waals surface area contributed by atoms with Gasteiger partial charge in [-0.1, -0.05) is 6.07 Å². The van der Waals surface area contributed by atoms with Crippen LogP contribution in [0.25, 0.3) is 0 Å². The lowest BCUT2D eigenvalue weighted by Gasteiger charge is -2.13. The highest BCUT2D eigenvalue weighted by molar-refractivity contribution is 7.89. The van der Waals surface area contributed by atoms with Gasteiger partial charge in [0.15, 0.2) is 0 Å². The molecule has 2 rings (SSSR count). The van der Waals surface area contributed by atoms with Crippen molar-refractivity contribution in [3.05, 3.63) is 41.7 Å². The second-order valence-electron chi connectivity index (χ2n) is 5.14. The Bertz CT molecular complexity index is 894. The number of carbonyl (C=O) groups excluding carboxylic acids is 1. The Labute approximate surface area is 143 Å². The molecule has 0 bridgehead atoms. The number of amides is 1. The summed E-state index contributed by atoms with van der Waals surface area (Å²) in [5, 5.41) is 2.56. The molecule has 0 aliphatic heterocycles. The van der Waals surface area contributed by atoms with Crippen molar-refractivity contribution in [1.29, 1.82) is 0 Å². The van der Waals surface area contributed by atoms with Gasteiger partial charge in [-0.3, -0.25) is 4.79 Å². The minimum absolute atomic E-state index is 0.0573. The second kappa shape index (κ2) is 7.19. The number of anilines is 1. The largest absolute Gasteiger partial charge is 0.434 e. The number of nitrogens with zero attached hydrogens (tertiary/aromatic N) is 1. The smallest absolute Gasteiger partial charge is 0.387 e. The van der Waals surface area contributed by atoms with Gasteiger partial charge >= 0.3 is 6.61 Å². The standard InChI is InChI=1S/C15H17F2N3O4S/c1-9-11(5-4-6-13(9)24-15(16)17)19-14(21)12-7-10(8-20(12)3)25(22,23)18-2/h4-8,15,18H,1-3H3,(H,19,21). The number of ether oxygens (including phenoxy) is 1. The van der Waals surface area contributed by atoms with Crippen molar-refractivity contribution >= 4 is 21.6 Å². The van der Waals surface area contributed by atoms with Crippen molar-refractivity contribution in [3.63, 3.8) is 0 Å². The van der Waals surface area contributed by atoms with E-state index in [-0.39, 0.29) is 22.0 Å². The normalized spacial score (nSPS) is 11.6. The van der Waals surface area contributed by atoms with Crippen LogP contribution in [0.2, 0.25) is 0 Å². The van der Waals surface area contributed by atoms with Crippen molar-refractivity contribution in [3.8, 4) is 5.75 Å². The molecule has 2 aromatic rings. The molecule has 0 atom stereocenters. The van der Waals surface area contributed by atoms with Gasteiger partial charge in [0.2, 0.25) is 10.0 Å². The number of alkyl halides is 2. The summed E-state index contributed by atoms with van der Waals surface area (Å²) >= 11 is 0. The zero-order chi connectivity index (χ0) is 18.8. The maximum absolute atomic E-state index is 12.4. The van der Waals surface area contributed by atoms with E-state index in [1.807, 2.05) is 0 Å². The molecular weight excluding hydrogens is 356 g/mol. The minimum atomic E-state index is -3.69. The average molecular weight is 373 g/mol. The van der Waals surface area contributed by atoms with Gasteiger partial charge in [0.25, 0.3) is 5.91 Å². The average Bonchev–Trinajstić information content (AvgIpc) is 2.93. The van der Waals surface area contributed by atoms with Crippen LogP contribution in [0.3, 0.4) is 0 Å². The Morgan fingerprint density at radius 3 is 2.60 bits per heavy atom. The number of rotatable bonds is 6. The summed E-state index contributed by atoms with van der Waals surface area (Å²) in [7, 11) is -0.904. The number of hydrogen-bond acceptors (Lipinski definition) is 4. The first-order chi connectivity index (χ1) is 11.7. The molecule has 0 radical (unpaired) electrons. The van der Waals surface area contributed by atoms with Crippen molar-refractivity contribution in [2.45, 2.75) is 18.4 Å². The van der Waals surface area contributed by atoms with Crippen LogP contribution >= 0.6 is 0 Å². The van der Waals surface area contributed by atoms with E-state index in [9.17, 15) is 22.0 Å². The summed E-state index contributed by atoms with van der Waals surface area (Å²) in [5.41, 5.74) is 0.698. The van der Waals surface area contributed by atoms with E-state index in [4.69, 9.17) is 0 Å². The first-order valence-electron chi connectivity index (χ1n) is 7.11. The highest BCUT2D eigenvalue weighted by Crippen LogP contribution is 2.27. The summed E-state index contributed by atoms with van der Waals surface area (Å²) < 4.78 is 56.3. The van der Waals surface area contributed by atoms with Crippen LogP contribution in [0, 0.1) is 6.92 Å². The molecule has 0 saturated heterocycles. The van der Waals surface area contributed by atoms with E-state index in [0.29, 0.717) is 5.56 Å². The van der Waals surface area contributed by atoms with Crippen LogP contribution in [0.4, 0.5) is 14.5 Å². The van der Waals surface area contributed by atoms with Gasteiger partial charge in [0, 0.05) is 24.5 Å². The maximum Gasteiger partial charge on any atom is 0.387 e. The van der Waals surface area contributed by atoms with Crippen LogP contribution in [0.5, 0.6) is 5.75 Å². The summed E-state index contributed by atoms with van der Waals surface area (Å²) in [6, 6.07) is 5.56. The Balaban J connectivity index is 2.29. The zero-order valence-electron chi connectivity index (χ0n) is 13.7. The number of halogens is 2. The molecule has 0 fully saturated rings. The molecule has 1 amide bonds. The van der Waals surface area contributed by atoms with Crippen molar-refractivity contribution in [2.75, 3.05) is 12.4 Å². The molecule has 0 aliphatic rings. The number of sulfonamides is 1. The molecule has 136 valence electrons. The van der Waals surface area contributed by atoms with E-state index in [1.54, 1.807) is 0 Å². The molecule has 0 spiro atoms. The Hall–Kier alpha value is -2.46. The van der Waals surface area contributed by atoms with Gasteiger partial charge in [0.05, 0.1) is 0 Å². The van der Waals surface area contributed by atoms with Gasteiger partial charge in [-0.05, 0) is 32.2 Å². The Morgan fingerprint density at radius 2 is 2.00 bits per heavy atom. The van der Waals surface area contributed by atoms with Crippen LogP contribution in [-0.4, -0.2) is 32.6 Å². The van der Waals surface area contributed by atoms with E-state index in [2.05, 4.69) is 14.8 Å². The Morgan fingerprint density at radius 1 is 1.32 bits per heavy atom. The van der Waals surface area contributed by atoms with Crippen molar-refractivity contribution in [2.24, 2.45) is 7.05 Å². The SMILES string of the molecule is CNS(=O)(=O)c1cc(C(=O)Nc2cccc(OC(F)F)c2C)n(C)c1. The third-order valence-corrected chi connectivity index (χ3v) is 4.92. The first kappa shape index (κ1) is 18.9. The van der Waals surface area contributed by atoms with Crippen molar-refractivity contribution < 1.29 is 26.7 Å². The third kappa shape index (κ3) is 4.15. The maximum atomic E-state index is 12.4.